The second-order valence-corrected chi connectivity index (χ2v) is 7.77. The van der Waals surface area contributed by atoms with Gasteiger partial charge in [0.1, 0.15) is 5.82 Å². The molecule has 0 spiro atoms. The van der Waals surface area contributed by atoms with E-state index in [2.05, 4.69) is 25.3 Å². The summed E-state index contributed by atoms with van der Waals surface area (Å²) < 4.78 is 13.5. The number of H-pyrrole nitrogens is 1. The van der Waals surface area contributed by atoms with E-state index < -0.39 is 0 Å². The van der Waals surface area contributed by atoms with E-state index in [0.717, 1.165) is 54.2 Å². The summed E-state index contributed by atoms with van der Waals surface area (Å²) in [5.41, 5.74) is 4.68. The third-order valence-electron chi connectivity index (χ3n) is 6.17. The molecule has 170 valence electrons. The van der Waals surface area contributed by atoms with Crippen LogP contribution in [-0.2, 0) is 6.42 Å². The zero-order valence-corrected chi connectivity index (χ0v) is 19.3. The Morgan fingerprint density at radius 3 is 2.41 bits per heavy atom. The van der Waals surface area contributed by atoms with Crippen LogP contribution in [0.2, 0.25) is 0 Å². The summed E-state index contributed by atoms with van der Waals surface area (Å²) in [6, 6.07) is 6.51. The van der Waals surface area contributed by atoms with Crippen LogP contribution in [0.1, 0.15) is 38.8 Å². The predicted octanol–water partition coefficient (Wildman–Crippen LogP) is 3.63. The Bertz CT molecular complexity index is 1200. The molecule has 3 heterocycles. The number of nitrogens with zero attached hydrogens (tertiary/aromatic N) is 3. The van der Waals surface area contributed by atoms with E-state index in [9.17, 15) is 14.0 Å². The maximum Gasteiger partial charge on any atom is 0.259 e. The molecule has 1 fully saturated rings. The lowest BCUT2D eigenvalue weighted by Crippen LogP contribution is -2.47. The second kappa shape index (κ2) is 8.96. The average Bonchev–Trinajstić information content (AvgIpc) is 3.28. The highest BCUT2D eigenvalue weighted by Crippen LogP contribution is 2.33. The molecular formula is C22H24Cl2FN5O2. The van der Waals surface area contributed by atoms with Crippen molar-refractivity contribution in [1.29, 1.82) is 0 Å². The van der Waals surface area contributed by atoms with Gasteiger partial charge in [0.15, 0.2) is 5.82 Å². The van der Waals surface area contributed by atoms with Crippen molar-refractivity contribution in [3.05, 3.63) is 52.3 Å². The molecule has 2 aromatic carbocycles. The lowest BCUT2D eigenvalue weighted by atomic mass is 9.93. The van der Waals surface area contributed by atoms with Crippen molar-refractivity contribution in [3.8, 4) is 0 Å². The number of aromatic nitrogens is 2. The van der Waals surface area contributed by atoms with Crippen LogP contribution in [0.25, 0.3) is 10.9 Å². The Hall–Kier alpha value is -2.84. The summed E-state index contributed by atoms with van der Waals surface area (Å²) >= 11 is 0. The predicted molar refractivity (Wildman–Crippen MR) is 127 cm³/mol. The Balaban J connectivity index is 0.00000144. The molecule has 0 bridgehead atoms. The number of anilines is 2. The van der Waals surface area contributed by atoms with Crippen molar-refractivity contribution >= 4 is 59.0 Å². The molecule has 5 rings (SSSR count). The van der Waals surface area contributed by atoms with E-state index in [1.54, 1.807) is 6.07 Å². The third kappa shape index (κ3) is 3.67. The topological polar surface area (TPSA) is 81.3 Å². The molecule has 0 atom stereocenters. The van der Waals surface area contributed by atoms with Crippen LogP contribution >= 0.6 is 24.8 Å². The van der Waals surface area contributed by atoms with Crippen LogP contribution < -0.4 is 15.1 Å². The Morgan fingerprint density at radius 1 is 1.03 bits per heavy atom. The number of imide groups is 1. The number of halogens is 3. The molecule has 1 aromatic heterocycles. The standard InChI is InChI=1S/C22H22FN5O2.2ClH/c1-3-14-12(2)18(11-16-19(14)22(30)24-21(16)29)27-6-8-28(9-7-27)20-15-5-4-13(23)10-17(15)25-26-20;;/h4-5,10-11H,3,6-9H2,1-2H3,(H,25,26)(H,24,29,30);2*1H. The number of nitrogens with one attached hydrogen (secondary N) is 2. The van der Waals surface area contributed by atoms with E-state index in [4.69, 9.17) is 0 Å². The molecule has 0 unspecified atom stereocenters. The highest BCUT2D eigenvalue weighted by atomic mass is 35.5. The maximum atomic E-state index is 13.5. The quantitative estimate of drug-likeness (QED) is 0.560. The second-order valence-electron chi connectivity index (χ2n) is 7.77. The fourth-order valence-electron chi connectivity index (χ4n) is 4.64. The number of hydrogen-bond acceptors (Lipinski definition) is 5. The first-order valence-corrected chi connectivity index (χ1v) is 10.1. The number of amides is 2. The van der Waals surface area contributed by atoms with Crippen molar-refractivity contribution in [2.75, 3.05) is 36.0 Å². The van der Waals surface area contributed by atoms with Crippen molar-refractivity contribution in [2.24, 2.45) is 0 Å². The molecule has 0 saturated carbocycles. The highest BCUT2D eigenvalue weighted by molar-refractivity contribution is 6.22. The number of fused-ring (bicyclic) bond motifs is 2. The van der Waals surface area contributed by atoms with Crippen LogP contribution in [0, 0.1) is 12.7 Å². The molecule has 2 aliphatic rings. The van der Waals surface area contributed by atoms with Crippen LogP contribution in [0.4, 0.5) is 15.9 Å². The number of rotatable bonds is 3. The van der Waals surface area contributed by atoms with E-state index in [0.29, 0.717) is 23.1 Å². The number of piperazine rings is 1. The molecular weight excluding hydrogens is 456 g/mol. The van der Waals surface area contributed by atoms with Gasteiger partial charge in [-0.05, 0) is 48.7 Å². The van der Waals surface area contributed by atoms with Gasteiger partial charge in [-0.2, -0.15) is 5.10 Å². The minimum absolute atomic E-state index is 0. The Kier molecular flexibility index (Phi) is 6.67. The van der Waals surface area contributed by atoms with Crippen LogP contribution in [0.15, 0.2) is 24.3 Å². The highest BCUT2D eigenvalue weighted by Gasteiger charge is 2.32. The zero-order chi connectivity index (χ0) is 21.0. The fourth-order valence-corrected chi connectivity index (χ4v) is 4.64. The number of carbonyl (C=O) groups excluding carboxylic acids is 2. The number of aromatic amines is 1. The molecule has 0 radical (unpaired) electrons. The van der Waals surface area contributed by atoms with Gasteiger partial charge in [-0.15, -0.1) is 24.8 Å². The number of hydrogen-bond donors (Lipinski definition) is 2. The molecule has 32 heavy (non-hydrogen) atoms. The summed E-state index contributed by atoms with van der Waals surface area (Å²) in [6.45, 7) is 7.04. The van der Waals surface area contributed by atoms with Gasteiger partial charge in [0.05, 0.1) is 16.6 Å². The minimum atomic E-state index is -0.320. The smallest absolute Gasteiger partial charge is 0.259 e. The Labute approximate surface area is 197 Å². The van der Waals surface area contributed by atoms with E-state index in [-0.39, 0.29) is 42.4 Å². The maximum absolute atomic E-state index is 13.5. The van der Waals surface area contributed by atoms with Gasteiger partial charge in [-0.1, -0.05) is 6.92 Å². The molecule has 3 aromatic rings. The van der Waals surface area contributed by atoms with Gasteiger partial charge >= 0.3 is 0 Å². The summed E-state index contributed by atoms with van der Waals surface area (Å²) in [5, 5.41) is 10.6. The first-order valence-electron chi connectivity index (χ1n) is 10.1. The summed E-state index contributed by atoms with van der Waals surface area (Å²) in [4.78, 5) is 28.9. The molecule has 10 heteroatoms. The van der Waals surface area contributed by atoms with Crippen LogP contribution in [-0.4, -0.2) is 48.2 Å². The summed E-state index contributed by atoms with van der Waals surface area (Å²) in [5.74, 6) is -0.0774. The van der Waals surface area contributed by atoms with Gasteiger partial charge < -0.3 is 9.80 Å². The number of carbonyl (C=O) groups is 2. The third-order valence-corrected chi connectivity index (χ3v) is 6.17. The normalized spacial score (nSPS) is 15.3. The largest absolute Gasteiger partial charge is 0.368 e. The Morgan fingerprint density at radius 2 is 1.72 bits per heavy atom. The fraction of sp³-hybridized carbons (Fsp3) is 0.318. The van der Waals surface area contributed by atoms with Crippen LogP contribution in [0.3, 0.4) is 0 Å². The zero-order valence-electron chi connectivity index (χ0n) is 17.7. The SMILES string of the molecule is CCc1c(C)c(N2CCN(c3n[nH]c4cc(F)ccc34)CC2)cc2c1C(=O)NC2=O.Cl.Cl. The van der Waals surface area contributed by atoms with Gasteiger partial charge in [-0.25, -0.2) is 4.39 Å². The van der Waals surface area contributed by atoms with E-state index in [1.807, 2.05) is 19.9 Å². The van der Waals surface area contributed by atoms with Crippen molar-refractivity contribution in [1.82, 2.24) is 15.5 Å². The van der Waals surface area contributed by atoms with Gasteiger partial charge in [0, 0.05) is 37.3 Å². The molecule has 2 aliphatic heterocycles. The molecule has 0 aliphatic carbocycles. The minimum Gasteiger partial charge on any atom is -0.368 e. The molecule has 2 N–H and O–H groups in total. The monoisotopic (exact) mass is 479 g/mol. The average molecular weight is 480 g/mol. The molecule has 2 amide bonds. The molecule has 7 nitrogen and oxygen atoms in total. The van der Waals surface area contributed by atoms with Gasteiger partial charge in [0.2, 0.25) is 0 Å². The lowest BCUT2D eigenvalue weighted by Gasteiger charge is -2.37. The van der Waals surface area contributed by atoms with Gasteiger partial charge in [0.25, 0.3) is 11.8 Å². The van der Waals surface area contributed by atoms with Crippen molar-refractivity contribution in [2.45, 2.75) is 20.3 Å². The van der Waals surface area contributed by atoms with Crippen molar-refractivity contribution < 1.29 is 14.0 Å². The van der Waals surface area contributed by atoms with E-state index in [1.165, 1.54) is 12.1 Å². The lowest BCUT2D eigenvalue weighted by molar-refractivity contribution is 0.0879. The number of benzene rings is 2. The van der Waals surface area contributed by atoms with E-state index >= 15 is 0 Å². The summed E-state index contributed by atoms with van der Waals surface area (Å²) in [7, 11) is 0. The first kappa shape index (κ1) is 23.8. The summed E-state index contributed by atoms with van der Waals surface area (Å²) in [6.07, 6.45) is 0.693. The van der Waals surface area contributed by atoms with Crippen LogP contribution in [0.5, 0.6) is 0 Å². The van der Waals surface area contributed by atoms with Gasteiger partial charge in [-0.3, -0.25) is 20.0 Å². The first-order chi connectivity index (χ1) is 14.5. The van der Waals surface area contributed by atoms with Crippen molar-refractivity contribution in [3.63, 3.8) is 0 Å². The molecule has 1 saturated heterocycles.